The Hall–Kier alpha value is -2.44. The summed E-state index contributed by atoms with van der Waals surface area (Å²) < 4.78 is 4.43. The van der Waals surface area contributed by atoms with E-state index in [4.69, 9.17) is 11.6 Å². The second-order valence-corrected chi connectivity index (χ2v) is 6.11. The highest BCUT2D eigenvalue weighted by atomic mass is 35.5. The van der Waals surface area contributed by atoms with Gasteiger partial charge in [0.1, 0.15) is 5.82 Å². The Labute approximate surface area is 156 Å². The molecule has 0 bridgehead atoms. The van der Waals surface area contributed by atoms with Crippen molar-refractivity contribution in [2.45, 2.75) is 6.54 Å². The molecule has 0 aliphatic carbocycles. The van der Waals surface area contributed by atoms with Crippen molar-refractivity contribution in [2.24, 2.45) is 0 Å². The number of hydrogen-bond acceptors (Lipinski definition) is 4. The van der Waals surface area contributed by atoms with Crippen molar-refractivity contribution >= 4 is 30.6 Å². The van der Waals surface area contributed by atoms with Gasteiger partial charge in [-0.25, -0.2) is 9.78 Å². The van der Waals surface area contributed by atoms with Crippen LogP contribution in [0.2, 0.25) is 5.02 Å². The summed E-state index contributed by atoms with van der Waals surface area (Å²) in [6, 6.07) is 17.4. The van der Waals surface area contributed by atoms with Crippen molar-refractivity contribution in [3.8, 4) is 22.5 Å². The van der Waals surface area contributed by atoms with Gasteiger partial charge in [-0.05, 0) is 12.1 Å². The van der Waals surface area contributed by atoms with Gasteiger partial charge in [0, 0.05) is 36.1 Å². The van der Waals surface area contributed by atoms with Gasteiger partial charge < -0.3 is 14.1 Å². The van der Waals surface area contributed by atoms with Crippen LogP contribution in [0.3, 0.4) is 0 Å². The van der Waals surface area contributed by atoms with E-state index in [2.05, 4.69) is 27.1 Å². The second kappa shape index (κ2) is 7.63. The van der Waals surface area contributed by atoms with Crippen LogP contribution in [0.5, 0.6) is 0 Å². The summed E-state index contributed by atoms with van der Waals surface area (Å²) in [5, 5.41) is 0.668. The fraction of sp³-hybridized carbons (Fsp3) is 0.111. The molecule has 1 heterocycles. The monoisotopic (exact) mass is 373 g/mol. The minimum absolute atomic E-state index is 0.271. The van der Waals surface area contributed by atoms with Crippen LogP contribution in [0.15, 0.2) is 54.6 Å². The molecule has 1 aromatic heterocycles. The van der Waals surface area contributed by atoms with Gasteiger partial charge in [0.15, 0.2) is 0 Å². The zero-order valence-corrected chi connectivity index (χ0v) is 15.1. The number of aromatic nitrogens is 2. The molecule has 3 rings (SSSR count). The number of thiol groups is 1. The minimum atomic E-state index is -0.547. The van der Waals surface area contributed by atoms with Crippen LogP contribution in [0.1, 0.15) is 5.82 Å². The zero-order chi connectivity index (χ0) is 17.8. The maximum Gasteiger partial charge on any atom is 0.421 e. The average Bonchev–Trinajstić information content (AvgIpc) is 3.06. The Kier molecular flexibility index (Phi) is 5.31. The summed E-state index contributed by atoms with van der Waals surface area (Å²) in [4.78, 5) is 20.9. The molecule has 1 amide bonds. The minimum Gasteiger partial charge on any atom is -0.378 e. The van der Waals surface area contributed by atoms with E-state index in [1.54, 1.807) is 7.05 Å². The van der Waals surface area contributed by atoms with Crippen LogP contribution < -0.4 is 0 Å². The first-order valence-electron chi connectivity index (χ1n) is 7.55. The van der Waals surface area contributed by atoms with Gasteiger partial charge in [-0.3, -0.25) is 0 Å². The van der Waals surface area contributed by atoms with Crippen LogP contribution in [0.25, 0.3) is 22.5 Å². The second-order valence-electron chi connectivity index (χ2n) is 5.49. The highest BCUT2D eigenvalue weighted by Gasteiger charge is 2.17. The lowest BCUT2D eigenvalue weighted by Gasteiger charge is -2.12. The van der Waals surface area contributed by atoms with E-state index < -0.39 is 6.09 Å². The Morgan fingerprint density at radius 3 is 2.48 bits per heavy atom. The van der Waals surface area contributed by atoms with Crippen molar-refractivity contribution in [2.75, 3.05) is 7.05 Å². The van der Waals surface area contributed by atoms with Gasteiger partial charge in [-0.1, -0.05) is 54.1 Å². The van der Waals surface area contributed by atoms with Crippen LogP contribution in [-0.4, -0.2) is 28.0 Å². The molecule has 128 valence electrons. The lowest BCUT2D eigenvalue weighted by atomic mass is 10.1. The fourth-order valence-corrected chi connectivity index (χ4v) is 2.75. The van der Waals surface area contributed by atoms with Crippen LogP contribution in [0, 0.1) is 0 Å². The van der Waals surface area contributed by atoms with E-state index in [9.17, 15) is 4.79 Å². The smallest absolute Gasteiger partial charge is 0.378 e. The molecule has 0 spiro atoms. The molecule has 0 unspecified atom stereocenters. The summed E-state index contributed by atoms with van der Waals surface area (Å²) in [5.74, 6) is 0.644. The average molecular weight is 374 g/mol. The summed E-state index contributed by atoms with van der Waals surface area (Å²) >= 11 is 9.53. The number of benzene rings is 2. The molecule has 5 nitrogen and oxygen atoms in total. The van der Waals surface area contributed by atoms with Crippen LogP contribution in [-0.2, 0) is 10.7 Å². The number of carbonyl (C=O) groups excluding carboxylic acids is 1. The van der Waals surface area contributed by atoms with E-state index in [1.807, 2.05) is 54.6 Å². The lowest BCUT2D eigenvalue weighted by Crippen LogP contribution is -2.25. The highest BCUT2D eigenvalue weighted by Crippen LogP contribution is 2.31. The molecule has 7 heteroatoms. The molecule has 3 aromatic rings. The van der Waals surface area contributed by atoms with Crippen molar-refractivity contribution in [1.29, 1.82) is 0 Å². The van der Waals surface area contributed by atoms with Gasteiger partial charge >= 0.3 is 6.09 Å². The zero-order valence-electron chi connectivity index (χ0n) is 13.4. The first-order chi connectivity index (χ1) is 12.1. The third-order valence-electron chi connectivity index (χ3n) is 3.71. The van der Waals surface area contributed by atoms with E-state index >= 15 is 0 Å². The standard InChI is InChI=1S/C18H16ClN3O2S/c1-22(18(23)24-25)11-15-20-16(12-5-3-2-4-6-12)17(21-15)13-7-9-14(19)10-8-13/h2-10,25H,11H2,1H3,(H,20,21). The van der Waals surface area contributed by atoms with Gasteiger partial charge in [-0.2, -0.15) is 0 Å². The number of hydrogen-bond donors (Lipinski definition) is 2. The molecule has 0 fully saturated rings. The molecule has 0 aliphatic heterocycles. The lowest BCUT2D eigenvalue weighted by molar-refractivity contribution is 0.169. The maximum atomic E-state index is 11.6. The number of nitrogens with zero attached hydrogens (tertiary/aromatic N) is 2. The topological polar surface area (TPSA) is 58.2 Å². The molecular formula is C18H16ClN3O2S. The van der Waals surface area contributed by atoms with Gasteiger partial charge in [0.05, 0.1) is 17.9 Å². The molecule has 0 atom stereocenters. The molecule has 2 aromatic carbocycles. The van der Waals surface area contributed by atoms with Crippen molar-refractivity contribution in [3.63, 3.8) is 0 Å². The largest absolute Gasteiger partial charge is 0.421 e. The third kappa shape index (κ3) is 3.97. The Bertz CT molecular complexity index is 866. The summed E-state index contributed by atoms with van der Waals surface area (Å²) in [7, 11) is 1.62. The Morgan fingerprint density at radius 2 is 1.84 bits per heavy atom. The molecule has 0 radical (unpaired) electrons. The Balaban J connectivity index is 2.02. The third-order valence-corrected chi connectivity index (χ3v) is 4.12. The summed E-state index contributed by atoms with van der Waals surface area (Å²) in [5.41, 5.74) is 3.62. The molecule has 25 heavy (non-hydrogen) atoms. The number of aromatic amines is 1. The summed E-state index contributed by atoms with van der Waals surface area (Å²) in [6.07, 6.45) is -0.547. The van der Waals surface area contributed by atoms with Crippen LogP contribution in [0.4, 0.5) is 4.79 Å². The van der Waals surface area contributed by atoms with Gasteiger partial charge in [0.25, 0.3) is 0 Å². The Morgan fingerprint density at radius 1 is 1.16 bits per heavy atom. The number of imidazole rings is 1. The van der Waals surface area contributed by atoms with Crippen LogP contribution >= 0.6 is 24.5 Å². The highest BCUT2D eigenvalue weighted by molar-refractivity contribution is 7.75. The quantitative estimate of drug-likeness (QED) is 0.509. The number of rotatable bonds is 4. The number of nitrogens with one attached hydrogen (secondary N) is 1. The molecule has 0 saturated carbocycles. The normalized spacial score (nSPS) is 10.5. The first kappa shape index (κ1) is 17.4. The van der Waals surface area contributed by atoms with E-state index in [1.165, 1.54) is 4.90 Å². The number of H-pyrrole nitrogens is 1. The fourth-order valence-electron chi connectivity index (χ4n) is 2.49. The van der Waals surface area contributed by atoms with E-state index in [0.717, 1.165) is 22.5 Å². The first-order valence-corrected chi connectivity index (χ1v) is 8.29. The van der Waals surface area contributed by atoms with Crippen molar-refractivity contribution in [1.82, 2.24) is 14.9 Å². The van der Waals surface area contributed by atoms with E-state index in [0.29, 0.717) is 10.8 Å². The number of amides is 1. The molecule has 1 N–H and O–H groups in total. The predicted molar refractivity (Wildman–Crippen MR) is 101 cm³/mol. The molecule has 0 aliphatic rings. The maximum absolute atomic E-state index is 11.6. The van der Waals surface area contributed by atoms with Crippen molar-refractivity contribution < 1.29 is 8.98 Å². The molecule has 0 saturated heterocycles. The van der Waals surface area contributed by atoms with E-state index in [-0.39, 0.29) is 6.54 Å². The van der Waals surface area contributed by atoms with Gasteiger partial charge in [-0.15, -0.1) is 0 Å². The van der Waals surface area contributed by atoms with Crippen molar-refractivity contribution in [3.05, 3.63) is 65.4 Å². The number of halogens is 1. The summed E-state index contributed by atoms with van der Waals surface area (Å²) in [6.45, 7) is 0.271. The number of carbonyl (C=O) groups is 1. The predicted octanol–water partition coefficient (Wildman–Crippen LogP) is 4.81. The SMILES string of the molecule is CN(Cc1nc(-c2ccccc2)c(-c2ccc(Cl)cc2)[nH]1)C(=O)OS. The molecular weight excluding hydrogens is 358 g/mol. The van der Waals surface area contributed by atoms with Gasteiger partial charge in [0.2, 0.25) is 0 Å².